The summed E-state index contributed by atoms with van der Waals surface area (Å²) in [5.74, 6) is -0.962. The Labute approximate surface area is 188 Å². The van der Waals surface area contributed by atoms with Gasteiger partial charge < -0.3 is 10.6 Å². The fraction of sp³-hybridized carbons (Fsp3) is 0.458. The Balaban J connectivity index is 1.89. The molecule has 2 aromatic carbocycles. The van der Waals surface area contributed by atoms with Gasteiger partial charge in [-0.25, -0.2) is 0 Å². The van der Waals surface area contributed by atoms with Crippen LogP contribution in [0.3, 0.4) is 0 Å². The van der Waals surface area contributed by atoms with Crippen LogP contribution in [0.2, 0.25) is 0 Å². The van der Waals surface area contributed by atoms with Gasteiger partial charge in [-0.3, -0.25) is 4.79 Å². The van der Waals surface area contributed by atoms with E-state index in [0.29, 0.717) is 38.1 Å². The Bertz CT molecular complexity index is 933. The lowest BCUT2D eigenvalue weighted by Crippen LogP contribution is -2.49. The predicted molar refractivity (Wildman–Crippen MR) is 112 cm³/mol. The van der Waals surface area contributed by atoms with Crippen molar-refractivity contribution in [2.45, 2.75) is 50.5 Å². The minimum Gasteiger partial charge on any atom is -0.349 e. The first-order valence-corrected chi connectivity index (χ1v) is 10.7. The number of carbonyl (C=O) groups excluding carboxylic acids is 1. The van der Waals surface area contributed by atoms with E-state index in [-0.39, 0.29) is 11.6 Å². The van der Waals surface area contributed by atoms with Gasteiger partial charge in [-0.2, -0.15) is 26.3 Å². The minimum absolute atomic E-state index is 0.0834. The number of alkyl halides is 6. The molecule has 0 aromatic heterocycles. The first-order chi connectivity index (χ1) is 15.3. The summed E-state index contributed by atoms with van der Waals surface area (Å²) in [4.78, 5) is 13.2. The first kappa shape index (κ1) is 25.1. The SMILES string of the molecule is CC(NC(=O)C(C)C1(c2ccccc2)CCNCC1)c1cc(C(F)(F)F)cc(C(F)(F)F)c1. The highest BCUT2D eigenvalue weighted by molar-refractivity contribution is 5.80. The molecule has 1 aliphatic heterocycles. The second-order valence-corrected chi connectivity index (χ2v) is 8.56. The highest BCUT2D eigenvalue weighted by Gasteiger charge is 2.43. The zero-order valence-electron chi connectivity index (χ0n) is 18.3. The summed E-state index contributed by atoms with van der Waals surface area (Å²) in [7, 11) is 0. The Kier molecular flexibility index (Phi) is 7.12. The fourth-order valence-corrected chi connectivity index (χ4v) is 4.52. The van der Waals surface area contributed by atoms with Crippen LogP contribution < -0.4 is 10.6 Å². The van der Waals surface area contributed by atoms with Crippen molar-refractivity contribution >= 4 is 5.91 Å². The van der Waals surface area contributed by atoms with Gasteiger partial charge in [-0.1, -0.05) is 37.3 Å². The minimum atomic E-state index is -4.94. The average Bonchev–Trinajstić information content (AvgIpc) is 2.78. The molecule has 2 aromatic rings. The van der Waals surface area contributed by atoms with Crippen LogP contribution in [0.4, 0.5) is 26.3 Å². The Morgan fingerprint density at radius 3 is 1.91 bits per heavy atom. The molecule has 0 aliphatic carbocycles. The number of hydrogen-bond acceptors (Lipinski definition) is 2. The van der Waals surface area contributed by atoms with Gasteiger partial charge in [-0.15, -0.1) is 0 Å². The fourth-order valence-electron chi connectivity index (χ4n) is 4.52. The molecule has 1 heterocycles. The van der Waals surface area contributed by atoms with Gasteiger partial charge >= 0.3 is 12.4 Å². The van der Waals surface area contributed by atoms with Crippen LogP contribution in [-0.4, -0.2) is 19.0 Å². The Morgan fingerprint density at radius 1 is 0.909 bits per heavy atom. The molecule has 2 unspecified atom stereocenters. The molecule has 2 N–H and O–H groups in total. The van der Waals surface area contributed by atoms with Crippen LogP contribution in [-0.2, 0) is 22.6 Å². The summed E-state index contributed by atoms with van der Waals surface area (Å²) >= 11 is 0. The quantitative estimate of drug-likeness (QED) is 0.536. The van der Waals surface area contributed by atoms with E-state index < -0.39 is 46.8 Å². The molecule has 3 nitrogen and oxygen atoms in total. The van der Waals surface area contributed by atoms with Crippen molar-refractivity contribution in [2.75, 3.05) is 13.1 Å². The number of hydrogen-bond donors (Lipinski definition) is 2. The zero-order valence-corrected chi connectivity index (χ0v) is 18.3. The maximum atomic E-state index is 13.2. The summed E-state index contributed by atoms with van der Waals surface area (Å²) in [6.45, 7) is 4.54. The van der Waals surface area contributed by atoms with Crippen molar-refractivity contribution in [3.8, 4) is 0 Å². The number of nitrogens with one attached hydrogen (secondary N) is 2. The van der Waals surface area contributed by atoms with Crippen molar-refractivity contribution in [1.29, 1.82) is 0 Å². The molecule has 1 amide bonds. The van der Waals surface area contributed by atoms with Gasteiger partial charge in [0.25, 0.3) is 0 Å². The normalized spacial score (nSPS) is 18.4. The van der Waals surface area contributed by atoms with Crippen LogP contribution in [0.5, 0.6) is 0 Å². The van der Waals surface area contributed by atoms with Crippen molar-refractivity contribution in [3.63, 3.8) is 0 Å². The molecule has 0 spiro atoms. The van der Waals surface area contributed by atoms with E-state index in [2.05, 4.69) is 10.6 Å². The number of piperidine rings is 1. The molecule has 3 rings (SSSR count). The smallest absolute Gasteiger partial charge is 0.349 e. The highest BCUT2D eigenvalue weighted by Crippen LogP contribution is 2.41. The second kappa shape index (κ2) is 9.37. The molecule has 0 bridgehead atoms. The van der Waals surface area contributed by atoms with E-state index >= 15 is 0 Å². The standard InChI is InChI=1S/C24H26F6N2O/c1-15(22(8-10-31-11-9-22)18-6-4-3-5-7-18)21(33)32-16(2)17-12-19(23(25,26)27)14-20(13-17)24(28,29)30/h3-7,12-16,31H,8-11H2,1-2H3,(H,32,33). The van der Waals surface area contributed by atoms with E-state index in [4.69, 9.17) is 0 Å². The molecule has 1 aliphatic rings. The molecule has 1 fully saturated rings. The van der Waals surface area contributed by atoms with E-state index in [1.807, 2.05) is 30.3 Å². The third-order valence-electron chi connectivity index (χ3n) is 6.54. The molecule has 2 atom stereocenters. The molecule has 1 saturated heterocycles. The lowest BCUT2D eigenvalue weighted by atomic mass is 9.65. The third kappa shape index (κ3) is 5.51. The molecular weight excluding hydrogens is 446 g/mol. The van der Waals surface area contributed by atoms with Crippen molar-refractivity contribution < 1.29 is 31.1 Å². The zero-order chi connectivity index (χ0) is 24.4. The lowest BCUT2D eigenvalue weighted by molar-refractivity contribution is -0.143. The molecular formula is C24H26F6N2O. The third-order valence-corrected chi connectivity index (χ3v) is 6.54. The number of amides is 1. The van der Waals surface area contributed by atoms with Crippen LogP contribution in [0.15, 0.2) is 48.5 Å². The van der Waals surface area contributed by atoms with Gasteiger partial charge in [0.15, 0.2) is 0 Å². The predicted octanol–water partition coefficient (Wildman–Crippen LogP) is 5.86. The summed E-state index contributed by atoms with van der Waals surface area (Å²) < 4.78 is 79.3. The van der Waals surface area contributed by atoms with Gasteiger partial charge in [0.2, 0.25) is 5.91 Å². The number of halogens is 6. The van der Waals surface area contributed by atoms with Crippen LogP contribution in [0.1, 0.15) is 55.0 Å². The Morgan fingerprint density at radius 2 is 1.42 bits per heavy atom. The summed E-state index contributed by atoms with van der Waals surface area (Å²) in [6.07, 6.45) is -8.53. The van der Waals surface area contributed by atoms with Gasteiger partial charge in [0.1, 0.15) is 0 Å². The largest absolute Gasteiger partial charge is 0.416 e. The molecule has 180 valence electrons. The summed E-state index contributed by atoms with van der Waals surface area (Å²) in [5.41, 5.74) is -2.56. The molecule has 33 heavy (non-hydrogen) atoms. The summed E-state index contributed by atoms with van der Waals surface area (Å²) in [6, 6.07) is 9.88. The second-order valence-electron chi connectivity index (χ2n) is 8.56. The molecule has 0 radical (unpaired) electrons. The van der Waals surface area contributed by atoms with E-state index in [1.54, 1.807) is 6.92 Å². The first-order valence-electron chi connectivity index (χ1n) is 10.7. The monoisotopic (exact) mass is 472 g/mol. The molecule has 9 heteroatoms. The van der Waals surface area contributed by atoms with Gasteiger partial charge in [0, 0.05) is 11.3 Å². The van der Waals surface area contributed by atoms with Crippen LogP contribution in [0.25, 0.3) is 0 Å². The van der Waals surface area contributed by atoms with Crippen LogP contribution >= 0.6 is 0 Å². The van der Waals surface area contributed by atoms with Crippen molar-refractivity contribution in [1.82, 2.24) is 10.6 Å². The maximum Gasteiger partial charge on any atom is 0.416 e. The Hall–Kier alpha value is -2.55. The number of benzene rings is 2. The lowest BCUT2D eigenvalue weighted by Gasteiger charge is -2.42. The van der Waals surface area contributed by atoms with E-state index in [0.717, 1.165) is 5.56 Å². The summed E-state index contributed by atoms with van der Waals surface area (Å²) in [5, 5.41) is 5.92. The maximum absolute atomic E-state index is 13.2. The highest BCUT2D eigenvalue weighted by atomic mass is 19.4. The van der Waals surface area contributed by atoms with Crippen molar-refractivity contribution in [3.05, 3.63) is 70.8 Å². The number of rotatable bonds is 5. The van der Waals surface area contributed by atoms with Crippen molar-refractivity contribution in [2.24, 2.45) is 5.92 Å². The molecule has 0 saturated carbocycles. The van der Waals surface area contributed by atoms with Gasteiger partial charge in [-0.05, 0) is 62.2 Å². The van der Waals surface area contributed by atoms with E-state index in [9.17, 15) is 31.1 Å². The topological polar surface area (TPSA) is 41.1 Å². The average molecular weight is 472 g/mol. The van der Waals surface area contributed by atoms with Crippen LogP contribution in [0, 0.1) is 5.92 Å². The van der Waals surface area contributed by atoms with E-state index in [1.165, 1.54) is 6.92 Å². The number of carbonyl (C=O) groups is 1. The van der Waals surface area contributed by atoms with Gasteiger partial charge in [0.05, 0.1) is 17.2 Å².